The molecule has 0 aliphatic rings. The van der Waals surface area contributed by atoms with Crippen molar-refractivity contribution in [2.45, 2.75) is 13.0 Å². The molecule has 0 aliphatic heterocycles. The summed E-state index contributed by atoms with van der Waals surface area (Å²) < 4.78 is 0. The number of phenolic OH excluding ortho intramolecular Hbond substituents is 3. The number of hydrogen-bond acceptors (Lipinski definition) is 5. The first-order valence-corrected chi connectivity index (χ1v) is 6.69. The first-order chi connectivity index (χ1) is 10.9. The quantitative estimate of drug-likeness (QED) is 0.530. The molecular formula is C16H15NO6. The Labute approximate surface area is 131 Å². The molecule has 7 heteroatoms. The molecule has 0 saturated heterocycles. The molecule has 2 aromatic carbocycles. The van der Waals surface area contributed by atoms with Gasteiger partial charge in [-0.15, -0.1) is 0 Å². The molecule has 0 spiro atoms. The fraction of sp³-hybridized carbons (Fsp3) is 0.125. The third-order valence-electron chi connectivity index (χ3n) is 3.18. The third-order valence-corrected chi connectivity index (χ3v) is 3.18. The fourth-order valence-electron chi connectivity index (χ4n) is 1.98. The average Bonchev–Trinajstić information content (AvgIpc) is 2.51. The number of rotatable bonds is 5. The van der Waals surface area contributed by atoms with Crippen LogP contribution in [0, 0.1) is 0 Å². The van der Waals surface area contributed by atoms with E-state index in [1.54, 1.807) is 12.1 Å². The largest absolute Gasteiger partial charge is 0.504 e. The van der Waals surface area contributed by atoms with Gasteiger partial charge in [0.15, 0.2) is 17.2 Å². The maximum absolute atomic E-state index is 11.8. The summed E-state index contributed by atoms with van der Waals surface area (Å²) >= 11 is 0. The minimum atomic E-state index is -1.02. The van der Waals surface area contributed by atoms with Crippen LogP contribution in [0.5, 0.6) is 17.2 Å². The molecule has 1 amide bonds. The van der Waals surface area contributed by atoms with Gasteiger partial charge in [0.05, 0.1) is 12.0 Å². The third kappa shape index (κ3) is 4.13. The van der Waals surface area contributed by atoms with Gasteiger partial charge in [-0.3, -0.25) is 4.79 Å². The topological polar surface area (TPSA) is 127 Å². The first-order valence-electron chi connectivity index (χ1n) is 6.69. The second-order valence-electron chi connectivity index (χ2n) is 4.94. The molecule has 0 heterocycles. The number of carboxylic acid groups (broad SMARTS) is 1. The van der Waals surface area contributed by atoms with Crippen molar-refractivity contribution >= 4 is 11.9 Å². The van der Waals surface area contributed by atoms with Crippen molar-refractivity contribution in [2.75, 3.05) is 0 Å². The van der Waals surface area contributed by atoms with Crippen molar-refractivity contribution in [1.82, 2.24) is 5.32 Å². The van der Waals surface area contributed by atoms with E-state index < -0.39 is 23.2 Å². The van der Waals surface area contributed by atoms with E-state index in [2.05, 4.69) is 5.32 Å². The first kappa shape index (κ1) is 16.2. The fourth-order valence-corrected chi connectivity index (χ4v) is 1.98. The Bertz CT molecular complexity index is 716. The van der Waals surface area contributed by atoms with Crippen molar-refractivity contribution in [3.8, 4) is 17.2 Å². The van der Waals surface area contributed by atoms with E-state index in [0.29, 0.717) is 5.56 Å². The van der Waals surface area contributed by atoms with Gasteiger partial charge in [-0.25, -0.2) is 4.79 Å². The van der Waals surface area contributed by atoms with Gasteiger partial charge in [-0.1, -0.05) is 12.1 Å². The van der Waals surface area contributed by atoms with Crippen LogP contribution in [-0.4, -0.2) is 32.3 Å². The Kier molecular flexibility index (Phi) is 4.70. The van der Waals surface area contributed by atoms with Crippen LogP contribution in [0.2, 0.25) is 0 Å². The van der Waals surface area contributed by atoms with E-state index >= 15 is 0 Å². The Balaban J connectivity index is 1.93. The second-order valence-corrected chi connectivity index (χ2v) is 4.94. The van der Waals surface area contributed by atoms with Crippen LogP contribution in [0.15, 0.2) is 36.4 Å². The zero-order chi connectivity index (χ0) is 17.0. The van der Waals surface area contributed by atoms with Crippen LogP contribution in [0.25, 0.3) is 0 Å². The van der Waals surface area contributed by atoms with E-state index in [4.69, 9.17) is 5.11 Å². The van der Waals surface area contributed by atoms with E-state index in [9.17, 15) is 24.9 Å². The summed E-state index contributed by atoms with van der Waals surface area (Å²) in [7, 11) is 0. The van der Waals surface area contributed by atoms with Gasteiger partial charge in [0.25, 0.3) is 0 Å². The molecule has 0 unspecified atom stereocenters. The van der Waals surface area contributed by atoms with E-state index in [-0.39, 0.29) is 24.4 Å². The minimum Gasteiger partial charge on any atom is -0.504 e. The number of benzene rings is 2. The summed E-state index contributed by atoms with van der Waals surface area (Å²) in [6.45, 7) is 0.217. The van der Waals surface area contributed by atoms with Crippen molar-refractivity contribution in [2.24, 2.45) is 0 Å². The Morgan fingerprint density at radius 1 is 0.913 bits per heavy atom. The SMILES string of the molecule is O=C(Cc1cc(O)c(O)c(O)c1)NCc1ccc(C(=O)O)cc1. The summed E-state index contributed by atoms with van der Waals surface area (Å²) in [5, 5.41) is 39.4. The monoisotopic (exact) mass is 317 g/mol. The van der Waals surface area contributed by atoms with Gasteiger partial charge in [-0.05, 0) is 35.4 Å². The lowest BCUT2D eigenvalue weighted by Crippen LogP contribution is -2.24. The summed E-state index contributed by atoms with van der Waals surface area (Å²) in [6, 6.07) is 8.47. The smallest absolute Gasteiger partial charge is 0.335 e. The van der Waals surface area contributed by atoms with Gasteiger partial charge < -0.3 is 25.7 Å². The second kappa shape index (κ2) is 6.69. The van der Waals surface area contributed by atoms with Crippen molar-refractivity contribution < 1.29 is 30.0 Å². The van der Waals surface area contributed by atoms with Crippen molar-refractivity contribution in [1.29, 1.82) is 0 Å². The average molecular weight is 317 g/mol. The molecule has 23 heavy (non-hydrogen) atoms. The lowest BCUT2D eigenvalue weighted by Gasteiger charge is -2.08. The van der Waals surface area contributed by atoms with Crippen LogP contribution >= 0.6 is 0 Å². The van der Waals surface area contributed by atoms with Gasteiger partial charge in [0.2, 0.25) is 5.91 Å². The molecule has 120 valence electrons. The van der Waals surface area contributed by atoms with Crippen molar-refractivity contribution in [3.05, 3.63) is 53.1 Å². The summed E-state index contributed by atoms with van der Waals surface area (Å²) in [5.41, 5.74) is 1.24. The van der Waals surface area contributed by atoms with Crippen LogP contribution in [0.4, 0.5) is 0 Å². The van der Waals surface area contributed by atoms with E-state index in [1.165, 1.54) is 24.3 Å². The molecule has 0 bridgehead atoms. The number of amides is 1. The highest BCUT2D eigenvalue weighted by Crippen LogP contribution is 2.35. The van der Waals surface area contributed by atoms with E-state index in [1.807, 2.05) is 0 Å². The molecule has 0 fully saturated rings. The molecule has 0 radical (unpaired) electrons. The number of carbonyl (C=O) groups excluding carboxylic acids is 1. The molecule has 7 nitrogen and oxygen atoms in total. The minimum absolute atomic E-state index is 0.0887. The Morgan fingerprint density at radius 2 is 1.48 bits per heavy atom. The highest BCUT2D eigenvalue weighted by Gasteiger charge is 2.11. The van der Waals surface area contributed by atoms with Gasteiger partial charge in [0.1, 0.15) is 0 Å². The zero-order valence-electron chi connectivity index (χ0n) is 12.0. The number of aromatic carboxylic acids is 1. The molecule has 0 saturated carbocycles. The molecule has 0 aromatic heterocycles. The molecule has 0 aliphatic carbocycles. The van der Waals surface area contributed by atoms with Crippen molar-refractivity contribution in [3.63, 3.8) is 0 Å². The van der Waals surface area contributed by atoms with Gasteiger partial charge >= 0.3 is 5.97 Å². The number of hydrogen-bond donors (Lipinski definition) is 5. The number of carbonyl (C=O) groups is 2. The van der Waals surface area contributed by atoms with Gasteiger partial charge in [0, 0.05) is 6.54 Å². The maximum atomic E-state index is 11.8. The number of phenols is 3. The Morgan fingerprint density at radius 3 is 2.00 bits per heavy atom. The lowest BCUT2D eigenvalue weighted by molar-refractivity contribution is -0.120. The standard InChI is InChI=1S/C16H15NO6/c18-12-5-10(6-13(19)15(12)21)7-14(20)17-8-9-1-3-11(4-2-9)16(22)23/h1-6,18-19,21H,7-8H2,(H,17,20)(H,22,23). The van der Waals surface area contributed by atoms with Crippen LogP contribution in [0.1, 0.15) is 21.5 Å². The molecule has 2 rings (SSSR count). The normalized spacial score (nSPS) is 10.3. The summed E-state index contributed by atoms with van der Waals surface area (Å²) in [4.78, 5) is 22.6. The van der Waals surface area contributed by atoms with E-state index in [0.717, 1.165) is 5.56 Å². The van der Waals surface area contributed by atoms with Gasteiger partial charge in [-0.2, -0.15) is 0 Å². The van der Waals surface area contributed by atoms with Crippen LogP contribution in [0.3, 0.4) is 0 Å². The van der Waals surface area contributed by atoms with Crippen LogP contribution < -0.4 is 5.32 Å². The molecule has 5 N–H and O–H groups in total. The molecule has 2 aromatic rings. The highest BCUT2D eigenvalue weighted by atomic mass is 16.4. The maximum Gasteiger partial charge on any atom is 0.335 e. The number of aromatic hydroxyl groups is 3. The summed E-state index contributed by atoms with van der Waals surface area (Å²) in [6.07, 6.45) is -0.0887. The predicted octanol–water partition coefficient (Wildman–Crippen LogP) is 1.36. The molecule has 0 atom stereocenters. The van der Waals surface area contributed by atoms with Crippen LogP contribution in [-0.2, 0) is 17.8 Å². The lowest BCUT2D eigenvalue weighted by atomic mass is 10.1. The zero-order valence-corrected chi connectivity index (χ0v) is 12.0. The number of nitrogens with one attached hydrogen (secondary N) is 1. The Hall–Kier alpha value is -3.22. The predicted molar refractivity (Wildman–Crippen MR) is 80.4 cm³/mol. The molecular weight excluding hydrogens is 302 g/mol. The summed E-state index contributed by atoms with van der Waals surface area (Å²) in [5.74, 6) is -3.01. The highest BCUT2D eigenvalue weighted by molar-refractivity contribution is 5.87. The number of carboxylic acids is 1.